The third-order valence-electron chi connectivity index (χ3n) is 5.81. The normalized spacial score (nSPS) is 13.6. The van der Waals surface area contributed by atoms with Crippen LogP contribution >= 0.6 is 11.6 Å². The molecule has 0 saturated carbocycles. The van der Waals surface area contributed by atoms with Gasteiger partial charge in [-0.15, -0.1) is 0 Å². The molecule has 32 heavy (non-hydrogen) atoms. The van der Waals surface area contributed by atoms with E-state index in [1.807, 2.05) is 6.21 Å². The summed E-state index contributed by atoms with van der Waals surface area (Å²) in [6, 6.07) is 17.2. The molecule has 166 valence electrons. The maximum absolute atomic E-state index is 6.61. The molecule has 3 aromatic rings. The SMILES string of the molecule is CCCCc1nc(Cl)c(C(C)(C)C)n1Cc1ccc(-c2ccccc2C2=NCN=C2)cc1. The lowest BCUT2D eigenvalue weighted by Gasteiger charge is -2.23. The fraction of sp³-hybridized carbons (Fsp3) is 0.370. The van der Waals surface area contributed by atoms with Crippen molar-refractivity contribution in [3.63, 3.8) is 0 Å². The molecule has 2 aromatic carbocycles. The van der Waals surface area contributed by atoms with E-state index < -0.39 is 0 Å². The van der Waals surface area contributed by atoms with E-state index in [1.54, 1.807) is 0 Å². The molecule has 2 heterocycles. The molecule has 0 spiro atoms. The zero-order valence-electron chi connectivity index (χ0n) is 19.4. The van der Waals surface area contributed by atoms with E-state index in [1.165, 1.54) is 16.7 Å². The summed E-state index contributed by atoms with van der Waals surface area (Å²) in [6.45, 7) is 10.1. The second kappa shape index (κ2) is 9.41. The lowest BCUT2D eigenvalue weighted by atomic mass is 9.92. The van der Waals surface area contributed by atoms with Crippen molar-refractivity contribution in [3.05, 3.63) is 76.3 Å². The van der Waals surface area contributed by atoms with Crippen LogP contribution in [0.25, 0.3) is 11.1 Å². The smallest absolute Gasteiger partial charge is 0.151 e. The monoisotopic (exact) mass is 446 g/mol. The van der Waals surface area contributed by atoms with Crippen LogP contribution in [0.5, 0.6) is 0 Å². The predicted molar refractivity (Wildman–Crippen MR) is 135 cm³/mol. The number of aryl methyl sites for hydroxylation is 1. The maximum Gasteiger partial charge on any atom is 0.151 e. The van der Waals surface area contributed by atoms with Crippen LogP contribution in [0.1, 0.15) is 63.2 Å². The number of benzene rings is 2. The molecule has 1 aliphatic heterocycles. The first-order valence-corrected chi connectivity index (χ1v) is 11.7. The first-order valence-electron chi connectivity index (χ1n) is 11.4. The van der Waals surface area contributed by atoms with Gasteiger partial charge in [0.1, 0.15) is 12.5 Å². The van der Waals surface area contributed by atoms with Gasteiger partial charge in [-0.05, 0) is 23.1 Å². The van der Waals surface area contributed by atoms with Crippen molar-refractivity contribution in [2.45, 2.75) is 58.9 Å². The molecule has 0 amide bonds. The Hall–Kier alpha value is -2.72. The molecule has 0 N–H and O–H groups in total. The highest BCUT2D eigenvalue weighted by molar-refractivity contribution is 6.40. The van der Waals surface area contributed by atoms with Crippen LogP contribution in [-0.4, -0.2) is 28.1 Å². The Morgan fingerprint density at radius 2 is 1.72 bits per heavy atom. The Kier molecular flexibility index (Phi) is 6.61. The third-order valence-corrected chi connectivity index (χ3v) is 6.08. The minimum absolute atomic E-state index is 0.0724. The summed E-state index contributed by atoms with van der Waals surface area (Å²) in [5, 5.41) is 0.633. The highest BCUT2D eigenvalue weighted by Crippen LogP contribution is 2.32. The zero-order valence-corrected chi connectivity index (χ0v) is 20.2. The second-order valence-electron chi connectivity index (χ2n) is 9.35. The standard InChI is InChI=1S/C27H31ClN4/c1-5-6-11-24-31-26(28)25(27(2,3)4)32(24)17-19-12-14-20(15-13-19)21-9-7-8-10-22(21)23-16-29-18-30-23/h7-10,12-16H,5-6,11,17-18H2,1-4H3. The molecule has 4 nitrogen and oxygen atoms in total. The summed E-state index contributed by atoms with van der Waals surface area (Å²) in [7, 11) is 0. The molecule has 4 rings (SSSR count). The maximum atomic E-state index is 6.61. The third kappa shape index (κ3) is 4.71. The van der Waals surface area contributed by atoms with Gasteiger partial charge in [0.15, 0.2) is 5.15 Å². The van der Waals surface area contributed by atoms with Gasteiger partial charge in [-0.3, -0.25) is 9.98 Å². The Morgan fingerprint density at radius 3 is 2.34 bits per heavy atom. The number of hydrogen-bond acceptors (Lipinski definition) is 3. The number of unbranched alkanes of at least 4 members (excludes halogenated alkanes) is 1. The molecule has 0 atom stereocenters. The minimum atomic E-state index is -0.0724. The van der Waals surface area contributed by atoms with Crippen LogP contribution in [0.3, 0.4) is 0 Å². The van der Waals surface area contributed by atoms with Crippen molar-refractivity contribution < 1.29 is 0 Å². The van der Waals surface area contributed by atoms with Gasteiger partial charge in [-0.2, -0.15) is 0 Å². The number of halogens is 1. The first kappa shape index (κ1) is 22.5. The van der Waals surface area contributed by atoms with Gasteiger partial charge in [0, 0.05) is 30.2 Å². The van der Waals surface area contributed by atoms with E-state index in [2.05, 4.69) is 90.8 Å². The Bertz CT molecular complexity index is 1150. The number of hydrogen-bond donors (Lipinski definition) is 0. The van der Waals surface area contributed by atoms with Gasteiger partial charge in [-0.1, -0.05) is 94.2 Å². The van der Waals surface area contributed by atoms with Crippen LogP contribution in [0.15, 0.2) is 58.5 Å². The van der Waals surface area contributed by atoms with Crippen molar-refractivity contribution in [2.75, 3.05) is 6.67 Å². The molecular formula is C27H31ClN4. The van der Waals surface area contributed by atoms with Crippen LogP contribution in [0, 0.1) is 0 Å². The molecule has 0 fully saturated rings. The average molecular weight is 447 g/mol. The summed E-state index contributed by atoms with van der Waals surface area (Å²) in [5.41, 5.74) is 6.71. The molecule has 0 bridgehead atoms. The van der Waals surface area contributed by atoms with Crippen LogP contribution in [0.4, 0.5) is 0 Å². The van der Waals surface area contributed by atoms with Crippen molar-refractivity contribution in [2.24, 2.45) is 9.98 Å². The highest BCUT2D eigenvalue weighted by atomic mass is 35.5. The fourth-order valence-electron chi connectivity index (χ4n) is 4.25. The molecule has 1 aliphatic rings. The number of imidazole rings is 1. The van der Waals surface area contributed by atoms with Crippen molar-refractivity contribution in [1.29, 1.82) is 0 Å². The fourth-order valence-corrected chi connectivity index (χ4v) is 4.73. The van der Waals surface area contributed by atoms with E-state index in [-0.39, 0.29) is 5.41 Å². The number of aliphatic imine (C=N–C) groups is 2. The number of rotatable bonds is 7. The van der Waals surface area contributed by atoms with Crippen molar-refractivity contribution in [1.82, 2.24) is 9.55 Å². The minimum Gasteiger partial charge on any atom is -0.326 e. The van der Waals surface area contributed by atoms with Crippen LogP contribution in [-0.2, 0) is 18.4 Å². The Balaban J connectivity index is 1.65. The Morgan fingerprint density at radius 1 is 1.00 bits per heavy atom. The lowest BCUT2D eigenvalue weighted by Crippen LogP contribution is -2.20. The molecular weight excluding hydrogens is 416 g/mol. The Labute approximate surface area is 196 Å². The molecule has 1 aromatic heterocycles. The van der Waals surface area contributed by atoms with Crippen molar-refractivity contribution >= 4 is 23.5 Å². The van der Waals surface area contributed by atoms with Crippen molar-refractivity contribution in [3.8, 4) is 11.1 Å². The second-order valence-corrected chi connectivity index (χ2v) is 9.70. The van der Waals surface area contributed by atoms with Gasteiger partial charge < -0.3 is 4.57 Å². The molecule has 0 saturated heterocycles. The summed E-state index contributed by atoms with van der Waals surface area (Å²) in [4.78, 5) is 13.5. The van der Waals surface area contributed by atoms with E-state index in [9.17, 15) is 0 Å². The molecule has 5 heteroatoms. The van der Waals surface area contributed by atoms with Crippen LogP contribution < -0.4 is 0 Å². The van der Waals surface area contributed by atoms with Gasteiger partial charge in [0.25, 0.3) is 0 Å². The molecule has 0 radical (unpaired) electrons. The molecule has 0 aliphatic carbocycles. The van der Waals surface area contributed by atoms with Crippen LogP contribution in [0.2, 0.25) is 5.15 Å². The number of nitrogens with zero attached hydrogens (tertiary/aromatic N) is 4. The largest absolute Gasteiger partial charge is 0.326 e. The van der Waals surface area contributed by atoms with Gasteiger partial charge in [0.2, 0.25) is 0 Å². The highest BCUT2D eigenvalue weighted by Gasteiger charge is 2.26. The summed E-state index contributed by atoms with van der Waals surface area (Å²) in [5.74, 6) is 1.08. The average Bonchev–Trinajstić information content (AvgIpc) is 3.41. The summed E-state index contributed by atoms with van der Waals surface area (Å²) >= 11 is 6.61. The molecule has 0 unspecified atom stereocenters. The quantitative estimate of drug-likeness (QED) is 0.397. The van der Waals surface area contributed by atoms with Gasteiger partial charge in [-0.25, -0.2) is 4.98 Å². The summed E-state index contributed by atoms with van der Waals surface area (Å²) < 4.78 is 2.32. The van der Waals surface area contributed by atoms with E-state index >= 15 is 0 Å². The number of aromatic nitrogens is 2. The zero-order chi connectivity index (χ0) is 22.7. The van der Waals surface area contributed by atoms with E-state index in [4.69, 9.17) is 16.6 Å². The van der Waals surface area contributed by atoms with Gasteiger partial charge >= 0.3 is 0 Å². The first-order chi connectivity index (χ1) is 15.4. The predicted octanol–water partition coefficient (Wildman–Crippen LogP) is 6.72. The van der Waals surface area contributed by atoms with E-state index in [0.29, 0.717) is 11.8 Å². The lowest BCUT2D eigenvalue weighted by molar-refractivity contribution is 0.521. The topological polar surface area (TPSA) is 42.5 Å². The summed E-state index contributed by atoms with van der Waals surface area (Å²) in [6.07, 6.45) is 5.06. The van der Waals surface area contributed by atoms with E-state index in [0.717, 1.165) is 48.6 Å². The van der Waals surface area contributed by atoms with Gasteiger partial charge in [0.05, 0.1) is 11.4 Å².